The first-order chi connectivity index (χ1) is 15.3. The van der Waals surface area contributed by atoms with Crippen LogP contribution in [0.5, 0.6) is 0 Å². The number of aliphatic hydroxyl groups excluding tert-OH is 3. The van der Waals surface area contributed by atoms with Crippen LogP contribution in [-0.4, -0.2) is 117 Å². The fraction of sp³-hybridized carbons (Fsp3) is 1.00. The van der Waals surface area contributed by atoms with Crippen LogP contribution in [0.15, 0.2) is 0 Å². The second-order valence-electron chi connectivity index (χ2n) is 7.51. The van der Waals surface area contributed by atoms with Crippen LogP contribution >= 0.6 is 0 Å². The van der Waals surface area contributed by atoms with Gasteiger partial charge in [0.15, 0.2) is 16.6 Å². The number of hydrogen-bond acceptors (Lipinski definition) is 16. The summed E-state index contributed by atoms with van der Waals surface area (Å²) in [7, 11) is -15.1. The van der Waals surface area contributed by atoms with Crippen molar-refractivity contribution < 1.29 is 72.3 Å². The zero-order valence-electron chi connectivity index (χ0n) is 17.4. The van der Waals surface area contributed by atoms with Gasteiger partial charge in [0.2, 0.25) is 10.4 Å². The summed E-state index contributed by atoms with van der Waals surface area (Å²) < 4.78 is 115. The highest BCUT2D eigenvalue weighted by Gasteiger charge is 2.51. The quantitative estimate of drug-likeness (QED) is 0.130. The Labute approximate surface area is 195 Å². The molecule has 2 rings (SSSR count). The zero-order valence-corrected chi connectivity index (χ0v) is 19.9. The number of hydrogen-bond donors (Lipinski definition) is 5. The third-order valence-corrected chi connectivity index (χ3v) is 6.41. The van der Waals surface area contributed by atoms with Crippen molar-refractivity contribution in [3.8, 4) is 0 Å². The van der Waals surface area contributed by atoms with Gasteiger partial charge in [-0.3, -0.25) is 8.37 Å². The molecule has 0 aromatic heterocycles. The normalized spacial score (nSPS) is 40.2. The minimum atomic E-state index is -5.31. The van der Waals surface area contributed by atoms with E-state index in [1.807, 2.05) is 0 Å². The maximum Gasteiger partial charge on any atom is 0.333 e. The standard InChI is InChI=1S/C13H26N2O16S3/c1-4-11(10(18)12(5(2)28-4)31-34(24,25)26)30-13-7(15-33(21,22)23)9(17)8(16)6(29-13)3-27-32(14,19)20/h4-13,15-18H,3H2,1-2H3,(H2,14,19,20)(H,21,22,23)(H,24,25,26)/p-2/t4?,5-,6?,7?,8+,9+,10+,11?,12?,13+/m0/s1. The molecule has 2 heterocycles. The van der Waals surface area contributed by atoms with Gasteiger partial charge in [0, 0.05) is 0 Å². The second kappa shape index (κ2) is 10.8. The van der Waals surface area contributed by atoms with Crippen molar-refractivity contribution in [2.45, 2.75) is 75.0 Å². The molecule has 10 atom stereocenters. The summed E-state index contributed by atoms with van der Waals surface area (Å²) in [5.74, 6) is 0. The minimum Gasteiger partial charge on any atom is -0.735 e. The number of nitrogens with two attached hydrogens (primary N) is 1. The molecule has 0 radical (unpaired) electrons. The van der Waals surface area contributed by atoms with Crippen molar-refractivity contribution in [3.63, 3.8) is 0 Å². The lowest BCUT2D eigenvalue weighted by molar-refractivity contribution is -0.314. The molecule has 0 amide bonds. The minimum absolute atomic E-state index is 0.982. The van der Waals surface area contributed by atoms with Gasteiger partial charge in [0.05, 0.1) is 18.8 Å². The largest absolute Gasteiger partial charge is 0.735 e. The van der Waals surface area contributed by atoms with Gasteiger partial charge in [-0.1, -0.05) is 0 Å². The number of aliphatic hydroxyl groups is 3. The molecular weight excluding hydrogens is 536 g/mol. The van der Waals surface area contributed by atoms with E-state index >= 15 is 0 Å². The number of nitrogens with one attached hydrogen (secondary N) is 1. The van der Waals surface area contributed by atoms with E-state index in [2.05, 4.69) is 8.37 Å². The van der Waals surface area contributed by atoms with Gasteiger partial charge < -0.3 is 38.6 Å². The predicted octanol–water partition coefficient (Wildman–Crippen LogP) is -5.53. The van der Waals surface area contributed by atoms with Crippen LogP contribution in [0.25, 0.3) is 0 Å². The van der Waals surface area contributed by atoms with Gasteiger partial charge in [-0.25, -0.2) is 26.7 Å². The molecule has 34 heavy (non-hydrogen) atoms. The summed E-state index contributed by atoms with van der Waals surface area (Å²) in [6.45, 7) is 1.62. The molecular formula is C13H24N2O16S3-2. The molecule has 2 fully saturated rings. The Bertz CT molecular complexity index is 1020. The van der Waals surface area contributed by atoms with Gasteiger partial charge in [0.1, 0.15) is 42.7 Å². The maximum absolute atomic E-state index is 11.2. The lowest BCUT2D eigenvalue weighted by Gasteiger charge is -2.47. The smallest absolute Gasteiger partial charge is 0.333 e. The predicted molar refractivity (Wildman–Crippen MR) is 102 cm³/mol. The van der Waals surface area contributed by atoms with Gasteiger partial charge in [0.25, 0.3) is 0 Å². The Balaban J connectivity index is 2.33. The van der Waals surface area contributed by atoms with Crippen molar-refractivity contribution >= 4 is 31.0 Å². The molecule has 2 saturated heterocycles. The average molecular weight is 561 g/mol. The van der Waals surface area contributed by atoms with E-state index in [-0.39, 0.29) is 0 Å². The first-order valence-corrected chi connectivity index (χ1v) is 13.6. The third kappa shape index (κ3) is 8.21. The highest BCUT2D eigenvalue weighted by atomic mass is 32.3. The number of ether oxygens (including phenoxy) is 3. The first kappa shape index (κ1) is 29.6. The molecule has 21 heteroatoms. The summed E-state index contributed by atoms with van der Waals surface area (Å²) in [6.07, 6.45) is -15.4. The van der Waals surface area contributed by atoms with E-state index in [1.165, 1.54) is 18.6 Å². The van der Waals surface area contributed by atoms with Crippen molar-refractivity contribution in [2.75, 3.05) is 6.61 Å². The monoisotopic (exact) mass is 560 g/mol. The van der Waals surface area contributed by atoms with E-state index in [1.54, 1.807) is 0 Å². The molecule has 0 aromatic rings. The van der Waals surface area contributed by atoms with E-state index in [9.17, 15) is 49.7 Å². The molecule has 2 aliphatic rings. The van der Waals surface area contributed by atoms with Crippen molar-refractivity contribution in [1.82, 2.24) is 4.72 Å². The average Bonchev–Trinajstić information content (AvgIpc) is 2.64. The van der Waals surface area contributed by atoms with Crippen LogP contribution in [0, 0.1) is 0 Å². The molecule has 0 aliphatic carbocycles. The lowest BCUT2D eigenvalue weighted by atomic mass is 9.95. The maximum atomic E-state index is 11.2. The summed E-state index contributed by atoms with van der Waals surface area (Å²) >= 11 is 0. The van der Waals surface area contributed by atoms with E-state index in [0.717, 1.165) is 0 Å². The highest BCUT2D eigenvalue weighted by molar-refractivity contribution is 7.84. The Morgan fingerprint density at radius 1 is 0.912 bits per heavy atom. The van der Waals surface area contributed by atoms with Crippen LogP contribution < -0.4 is 9.86 Å². The third-order valence-electron chi connectivity index (χ3n) is 4.93. The summed E-state index contributed by atoms with van der Waals surface area (Å²) in [5, 5.41) is 35.7. The molecule has 0 saturated carbocycles. The zero-order chi connectivity index (χ0) is 26.2. The molecule has 202 valence electrons. The van der Waals surface area contributed by atoms with Crippen LogP contribution in [0.1, 0.15) is 13.8 Å². The van der Waals surface area contributed by atoms with Crippen LogP contribution in [0.3, 0.4) is 0 Å². The van der Waals surface area contributed by atoms with Crippen LogP contribution in [0.4, 0.5) is 0 Å². The Morgan fingerprint density at radius 2 is 1.47 bits per heavy atom. The molecule has 0 aromatic carbocycles. The summed E-state index contributed by atoms with van der Waals surface area (Å²) in [5.41, 5.74) is 0. The first-order valence-electron chi connectivity index (χ1n) is 9.34. The second-order valence-corrected chi connectivity index (χ2v) is 10.9. The Morgan fingerprint density at radius 3 is 1.97 bits per heavy atom. The van der Waals surface area contributed by atoms with Gasteiger partial charge >= 0.3 is 10.3 Å². The molecule has 18 nitrogen and oxygen atoms in total. The Hall–Kier alpha value is -0.630. The fourth-order valence-corrected chi connectivity index (χ4v) is 4.94. The van der Waals surface area contributed by atoms with Crippen LogP contribution in [-0.2, 0) is 53.6 Å². The fourth-order valence-electron chi connectivity index (χ4n) is 3.49. The molecule has 2 aliphatic heterocycles. The van der Waals surface area contributed by atoms with E-state index in [4.69, 9.17) is 19.3 Å². The molecule has 0 bridgehead atoms. The summed E-state index contributed by atoms with van der Waals surface area (Å²) in [4.78, 5) is 0. The number of rotatable bonds is 9. The van der Waals surface area contributed by atoms with E-state index < -0.39 is 98.8 Å². The van der Waals surface area contributed by atoms with Crippen molar-refractivity contribution in [3.05, 3.63) is 0 Å². The van der Waals surface area contributed by atoms with E-state index in [0.29, 0.717) is 0 Å². The van der Waals surface area contributed by atoms with Gasteiger partial charge in [-0.15, -0.1) is 0 Å². The SMILES string of the molecule is CC1O[C@@H](C)C(OS(=O)(=O)[O-])[C@H](O)C1O[C@H]1OC(COS(N)(=O)=O)[C@@H](O)[C@H](O)C1NS(=O)(=O)[O-]. The lowest BCUT2D eigenvalue weighted by Crippen LogP contribution is -2.67. The van der Waals surface area contributed by atoms with Gasteiger partial charge in [-0.05, 0) is 13.8 Å². The van der Waals surface area contributed by atoms with Crippen molar-refractivity contribution in [1.29, 1.82) is 0 Å². The highest BCUT2D eigenvalue weighted by Crippen LogP contribution is 2.31. The van der Waals surface area contributed by atoms with Gasteiger partial charge in [-0.2, -0.15) is 8.42 Å². The summed E-state index contributed by atoms with van der Waals surface area (Å²) in [6, 6.07) is -2.01. The molecule has 6 N–H and O–H groups in total. The Kier molecular flexibility index (Phi) is 9.38. The molecule has 5 unspecified atom stereocenters. The van der Waals surface area contributed by atoms with Crippen molar-refractivity contribution in [2.24, 2.45) is 5.14 Å². The van der Waals surface area contributed by atoms with Crippen LogP contribution in [0.2, 0.25) is 0 Å². The molecule has 0 spiro atoms. The topological polar surface area (TPSA) is 293 Å².